The minimum atomic E-state index is -0.261. The second kappa shape index (κ2) is 10.6. The largest absolute Gasteiger partial charge is 0.382 e. The summed E-state index contributed by atoms with van der Waals surface area (Å²) in [5, 5.41) is 2.78. The zero-order chi connectivity index (χ0) is 25.8. The van der Waals surface area contributed by atoms with Gasteiger partial charge in [-0.15, -0.1) is 0 Å². The summed E-state index contributed by atoms with van der Waals surface area (Å²) in [5.41, 5.74) is 8.88. The number of amides is 2. The van der Waals surface area contributed by atoms with Crippen molar-refractivity contribution in [2.75, 3.05) is 31.3 Å². The molecule has 188 valence electrons. The van der Waals surface area contributed by atoms with Crippen LogP contribution in [0.1, 0.15) is 35.1 Å². The number of nitrogens with one attached hydrogen (secondary N) is 1. The number of hydrogen-bond acceptors (Lipinski definition) is 7. The van der Waals surface area contributed by atoms with Gasteiger partial charge in [0.25, 0.3) is 5.91 Å². The van der Waals surface area contributed by atoms with Crippen molar-refractivity contribution < 1.29 is 14.3 Å². The van der Waals surface area contributed by atoms with E-state index < -0.39 is 0 Å². The van der Waals surface area contributed by atoms with E-state index in [1.165, 1.54) is 0 Å². The van der Waals surface area contributed by atoms with Gasteiger partial charge in [-0.1, -0.05) is 24.3 Å². The lowest BCUT2D eigenvalue weighted by Crippen LogP contribution is -2.30. The minimum Gasteiger partial charge on any atom is -0.382 e. The molecule has 5 rings (SSSR count). The number of imidazole rings is 1. The highest BCUT2D eigenvalue weighted by atomic mass is 16.5. The smallest absolute Gasteiger partial charge is 0.256 e. The lowest BCUT2D eigenvalue weighted by Gasteiger charge is -2.22. The molecule has 3 aromatic heterocycles. The predicted molar refractivity (Wildman–Crippen MR) is 140 cm³/mol. The van der Waals surface area contributed by atoms with Crippen LogP contribution in [0.25, 0.3) is 16.8 Å². The molecule has 4 aromatic rings. The maximum Gasteiger partial charge on any atom is 0.256 e. The molecule has 10 nitrogen and oxygen atoms in total. The van der Waals surface area contributed by atoms with E-state index in [1.54, 1.807) is 62.0 Å². The fourth-order valence-corrected chi connectivity index (χ4v) is 4.57. The molecule has 37 heavy (non-hydrogen) atoms. The number of hydrogen-bond donors (Lipinski definition) is 2. The van der Waals surface area contributed by atoms with Gasteiger partial charge >= 0.3 is 0 Å². The standard InChI is InChI=1S/C27H27N7O3/c1-37-17-5-8-22(35)33-15-4-6-20(33)26-32-23(24-25(28)30-14-16-34(24)26)18-9-11-19(12-10-18)27(36)31-21-7-2-3-13-29-21/h2-3,5,7-14,16,20H,4,6,15,17H2,1H3,(H2,28,30)(H,29,31,36)/b8-5+/t20-/m0/s1. The minimum absolute atomic E-state index is 0.0804. The maximum atomic E-state index is 12.9. The molecule has 0 bridgehead atoms. The molecule has 0 radical (unpaired) electrons. The van der Waals surface area contributed by atoms with Crippen LogP contribution < -0.4 is 11.1 Å². The number of aromatic nitrogens is 4. The van der Waals surface area contributed by atoms with E-state index in [0.717, 1.165) is 24.2 Å². The number of likely N-dealkylation sites (tertiary alicyclic amines) is 1. The first-order valence-corrected chi connectivity index (χ1v) is 12.0. The molecule has 1 saturated heterocycles. The van der Waals surface area contributed by atoms with Gasteiger partial charge < -0.3 is 20.7 Å². The highest BCUT2D eigenvalue weighted by Gasteiger charge is 2.33. The lowest BCUT2D eigenvalue weighted by molar-refractivity contribution is -0.127. The number of nitrogens with two attached hydrogens (primary N) is 1. The number of ether oxygens (including phenoxy) is 1. The van der Waals surface area contributed by atoms with Crippen LogP contribution in [0.15, 0.2) is 73.2 Å². The molecule has 0 unspecified atom stereocenters. The Morgan fingerprint density at radius 3 is 2.76 bits per heavy atom. The van der Waals surface area contributed by atoms with Crippen molar-refractivity contribution in [2.45, 2.75) is 18.9 Å². The number of carbonyl (C=O) groups is 2. The topological polar surface area (TPSA) is 128 Å². The summed E-state index contributed by atoms with van der Waals surface area (Å²) in [4.78, 5) is 40.7. The highest BCUT2D eigenvalue weighted by Crippen LogP contribution is 2.36. The molecule has 4 heterocycles. The molecule has 1 atom stereocenters. The van der Waals surface area contributed by atoms with Crippen LogP contribution in [-0.4, -0.2) is 56.3 Å². The summed E-state index contributed by atoms with van der Waals surface area (Å²) in [7, 11) is 1.59. The van der Waals surface area contributed by atoms with Crippen molar-refractivity contribution >= 4 is 29.0 Å². The molecule has 1 aliphatic heterocycles. The molecule has 1 fully saturated rings. The molecular formula is C27H27N7O3. The van der Waals surface area contributed by atoms with E-state index in [-0.39, 0.29) is 17.9 Å². The second-order valence-corrected chi connectivity index (χ2v) is 8.64. The molecule has 0 aliphatic carbocycles. The van der Waals surface area contributed by atoms with Gasteiger partial charge in [-0.3, -0.25) is 14.0 Å². The number of fused-ring (bicyclic) bond motifs is 1. The van der Waals surface area contributed by atoms with E-state index in [9.17, 15) is 9.59 Å². The molecule has 2 amide bonds. The van der Waals surface area contributed by atoms with Crippen LogP contribution in [0.4, 0.5) is 11.6 Å². The molecule has 1 aromatic carbocycles. The van der Waals surface area contributed by atoms with Crippen LogP contribution in [0.5, 0.6) is 0 Å². The quantitative estimate of drug-likeness (QED) is 0.374. The van der Waals surface area contributed by atoms with Crippen molar-refractivity contribution in [1.29, 1.82) is 0 Å². The van der Waals surface area contributed by atoms with Gasteiger partial charge in [-0.25, -0.2) is 15.0 Å². The Labute approximate surface area is 213 Å². The summed E-state index contributed by atoms with van der Waals surface area (Å²) < 4.78 is 6.93. The first-order chi connectivity index (χ1) is 18.1. The Morgan fingerprint density at radius 1 is 1.16 bits per heavy atom. The Balaban J connectivity index is 1.47. The fourth-order valence-electron chi connectivity index (χ4n) is 4.57. The number of methoxy groups -OCH3 is 1. The van der Waals surface area contributed by atoms with Gasteiger partial charge in [0, 0.05) is 49.4 Å². The molecule has 1 aliphatic rings. The highest BCUT2D eigenvalue weighted by molar-refractivity contribution is 6.04. The first-order valence-electron chi connectivity index (χ1n) is 12.0. The molecule has 10 heteroatoms. The second-order valence-electron chi connectivity index (χ2n) is 8.64. The van der Waals surface area contributed by atoms with Gasteiger partial charge in [-0.2, -0.15) is 0 Å². The summed E-state index contributed by atoms with van der Waals surface area (Å²) in [6.45, 7) is 1.02. The van der Waals surface area contributed by atoms with Crippen LogP contribution >= 0.6 is 0 Å². The Bertz CT molecular complexity index is 1450. The predicted octanol–water partition coefficient (Wildman–Crippen LogP) is 3.49. The number of carbonyl (C=O) groups excluding carboxylic acids is 2. The average Bonchev–Trinajstić information content (AvgIpc) is 3.55. The van der Waals surface area contributed by atoms with Gasteiger partial charge in [-0.05, 0) is 37.1 Å². The number of nitrogen functional groups attached to an aromatic ring is 1. The van der Waals surface area contributed by atoms with Crippen LogP contribution in [0, 0.1) is 0 Å². The van der Waals surface area contributed by atoms with Crippen molar-refractivity contribution in [2.24, 2.45) is 0 Å². The zero-order valence-electron chi connectivity index (χ0n) is 20.4. The number of benzene rings is 1. The zero-order valence-corrected chi connectivity index (χ0v) is 20.4. The van der Waals surface area contributed by atoms with Crippen molar-refractivity contribution in [3.8, 4) is 11.3 Å². The van der Waals surface area contributed by atoms with Crippen LogP contribution in [0.2, 0.25) is 0 Å². The number of rotatable bonds is 7. The summed E-state index contributed by atoms with van der Waals surface area (Å²) >= 11 is 0. The Kier molecular flexibility index (Phi) is 6.91. The van der Waals surface area contributed by atoms with Crippen molar-refractivity contribution in [3.05, 3.63) is 84.6 Å². The van der Waals surface area contributed by atoms with Gasteiger partial charge in [0.05, 0.1) is 12.6 Å². The van der Waals surface area contributed by atoms with Crippen molar-refractivity contribution in [3.63, 3.8) is 0 Å². The van der Waals surface area contributed by atoms with Gasteiger partial charge in [0.2, 0.25) is 5.91 Å². The normalized spacial score (nSPS) is 15.5. The monoisotopic (exact) mass is 497 g/mol. The first kappa shape index (κ1) is 24.1. The Hall–Kier alpha value is -4.57. The number of pyridine rings is 1. The van der Waals surface area contributed by atoms with E-state index in [4.69, 9.17) is 15.5 Å². The summed E-state index contributed by atoms with van der Waals surface area (Å²) in [6, 6.07) is 12.2. The SMILES string of the molecule is COC/C=C/C(=O)N1CCC[C@H]1c1nc(-c2ccc(C(=O)Nc3ccccn3)cc2)c2c(N)nccn12. The van der Waals surface area contributed by atoms with Crippen LogP contribution in [0.3, 0.4) is 0 Å². The summed E-state index contributed by atoms with van der Waals surface area (Å²) in [5.74, 6) is 1.20. The van der Waals surface area contributed by atoms with Crippen molar-refractivity contribution in [1.82, 2.24) is 24.3 Å². The van der Waals surface area contributed by atoms with E-state index in [1.807, 2.05) is 27.6 Å². The molecule has 0 spiro atoms. The number of anilines is 2. The van der Waals surface area contributed by atoms with E-state index in [0.29, 0.717) is 41.6 Å². The van der Waals surface area contributed by atoms with Gasteiger partial charge in [0.1, 0.15) is 28.7 Å². The average molecular weight is 498 g/mol. The van der Waals surface area contributed by atoms with Gasteiger partial charge in [0.15, 0.2) is 0 Å². The number of nitrogens with zero attached hydrogens (tertiary/aromatic N) is 5. The fraction of sp³-hybridized carbons (Fsp3) is 0.222. The van der Waals surface area contributed by atoms with Crippen LogP contribution in [-0.2, 0) is 9.53 Å². The molecule has 3 N–H and O–H groups in total. The molecular weight excluding hydrogens is 470 g/mol. The lowest BCUT2D eigenvalue weighted by atomic mass is 10.1. The maximum absolute atomic E-state index is 12.9. The van der Waals surface area contributed by atoms with E-state index in [2.05, 4.69) is 15.3 Å². The third kappa shape index (κ3) is 4.91. The third-order valence-corrected chi connectivity index (χ3v) is 6.29. The third-order valence-electron chi connectivity index (χ3n) is 6.29. The van der Waals surface area contributed by atoms with E-state index >= 15 is 0 Å². The molecule has 0 saturated carbocycles. The summed E-state index contributed by atoms with van der Waals surface area (Å²) in [6.07, 6.45) is 9.98. The Morgan fingerprint density at radius 2 is 2.00 bits per heavy atom.